The molecule has 0 bridgehead atoms. The van der Waals surface area contributed by atoms with Crippen molar-refractivity contribution in [2.24, 2.45) is 0 Å². The van der Waals surface area contributed by atoms with Gasteiger partial charge in [0.1, 0.15) is 17.7 Å². The molecule has 0 atom stereocenters. The molecule has 1 amide bonds. The first kappa shape index (κ1) is 17.7. The van der Waals surface area contributed by atoms with Crippen molar-refractivity contribution in [3.63, 3.8) is 0 Å². The second kappa shape index (κ2) is 7.85. The number of nitrogens with zero attached hydrogens (tertiary/aromatic N) is 3. The number of carbonyl (C=O) groups excluding carboxylic acids is 1. The zero-order chi connectivity index (χ0) is 18.5. The van der Waals surface area contributed by atoms with Crippen molar-refractivity contribution in [1.82, 2.24) is 20.4 Å². The van der Waals surface area contributed by atoms with E-state index >= 15 is 0 Å². The van der Waals surface area contributed by atoms with Gasteiger partial charge in [0.05, 0.1) is 0 Å². The van der Waals surface area contributed by atoms with Crippen molar-refractivity contribution >= 4 is 52.1 Å². The Hall–Kier alpha value is -3.10. The third kappa shape index (κ3) is 4.29. The van der Waals surface area contributed by atoms with E-state index in [4.69, 9.17) is 28.9 Å². The minimum Gasteiger partial charge on any atom is -0.393 e. The number of nitrogen functional groups attached to an aromatic ring is 1. The van der Waals surface area contributed by atoms with E-state index in [9.17, 15) is 4.79 Å². The number of benzene rings is 1. The third-order valence-electron chi connectivity index (χ3n) is 3.20. The number of carbonyl (C=O) groups is 1. The van der Waals surface area contributed by atoms with Crippen LogP contribution < -0.4 is 21.9 Å². The van der Waals surface area contributed by atoms with Gasteiger partial charge in [0, 0.05) is 21.9 Å². The molecule has 0 spiro atoms. The molecule has 132 valence electrons. The lowest BCUT2D eigenvalue weighted by Crippen LogP contribution is -2.31. The van der Waals surface area contributed by atoms with Crippen LogP contribution in [0.5, 0.6) is 0 Å². The highest BCUT2D eigenvalue weighted by Crippen LogP contribution is 2.28. The Morgan fingerprint density at radius 3 is 2.42 bits per heavy atom. The van der Waals surface area contributed by atoms with Gasteiger partial charge in [-0.15, -0.1) is 0 Å². The largest absolute Gasteiger partial charge is 0.393 e. The van der Waals surface area contributed by atoms with Crippen LogP contribution in [0.2, 0.25) is 10.0 Å². The number of amides is 1. The number of hydrogen-bond acceptors (Lipinski definition) is 7. The number of nitrogens with one attached hydrogen (secondary N) is 3. The van der Waals surface area contributed by atoms with Gasteiger partial charge in [-0.2, -0.15) is 0 Å². The maximum absolute atomic E-state index is 12.0. The van der Waals surface area contributed by atoms with Crippen molar-refractivity contribution in [3.8, 4) is 0 Å². The zero-order valence-corrected chi connectivity index (χ0v) is 14.7. The molecule has 0 aliphatic heterocycles. The Kier molecular flexibility index (Phi) is 5.35. The molecule has 3 rings (SSSR count). The number of hydrogen-bond donors (Lipinski definition) is 4. The first-order valence-electron chi connectivity index (χ1n) is 7.34. The molecule has 5 N–H and O–H groups in total. The second-order valence-electron chi connectivity index (χ2n) is 5.06. The number of halogens is 2. The SMILES string of the molecule is Nc1c(NNC(=O)c2ccccn2)ncnc1Nc1cc(Cl)cc(Cl)c1. The van der Waals surface area contributed by atoms with Crippen molar-refractivity contribution in [2.45, 2.75) is 0 Å². The van der Waals surface area contributed by atoms with Crippen molar-refractivity contribution < 1.29 is 4.79 Å². The van der Waals surface area contributed by atoms with Crippen LogP contribution in [0.1, 0.15) is 10.5 Å². The van der Waals surface area contributed by atoms with Crippen LogP contribution in [0.25, 0.3) is 0 Å². The quantitative estimate of drug-likeness (QED) is 0.494. The molecule has 3 aromatic rings. The molecule has 0 unspecified atom stereocenters. The van der Waals surface area contributed by atoms with Crippen molar-refractivity contribution in [1.29, 1.82) is 0 Å². The molecule has 0 radical (unpaired) electrons. The Bertz CT molecular complexity index is 917. The number of anilines is 4. The minimum absolute atomic E-state index is 0.199. The third-order valence-corrected chi connectivity index (χ3v) is 3.64. The number of aromatic nitrogens is 3. The predicted molar refractivity (Wildman–Crippen MR) is 102 cm³/mol. The van der Waals surface area contributed by atoms with E-state index in [0.29, 0.717) is 21.6 Å². The summed E-state index contributed by atoms with van der Waals surface area (Å²) in [7, 11) is 0. The van der Waals surface area contributed by atoms with Crippen LogP contribution >= 0.6 is 23.2 Å². The number of hydrazine groups is 1. The van der Waals surface area contributed by atoms with Crippen LogP contribution in [-0.4, -0.2) is 20.9 Å². The molecule has 0 aliphatic carbocycles. The average molecular weight is 390 g/mol. The average Bonchev–Trinajstić information content (AvgIpc) is 2.62. The summed E-state index contributed by atoms with van der Waals surface area (Å²) in [6.45, 7) is 0. The number of nitrogens with two attached hydrogens (primary N) is 1. The molecule has 10 heteroatoms. The van der Waals surface area contributed by atoms with E-state index in [1.807, 2.05) is 0 Å². The maximum atomic E-state index is 12.0. The van der Waals surface area contributed by atoms with Gasteiger partial charge >= 0.3 is 0 Å². The van der Waals surface area contributed by atoms with E-state index in [1.54, 1.807) is 36.4 Å². The van der Waals surface area contributed by atoms with Gasteiger partial charge in [-0.25, -0.2) is 9.97 Å². The molecule has 0 saturated carbocycles. The summed E-state index contributed by atoms with van der Waals surface area (Å²) in [6, 6.07) is 9.95. The Morgan fingerprint density at radius 2 is 1.73 bits per heavy atom. The van der Waals surface area contributed by atoms with Gasteiger partial charge < -0.3 is 11.1 Å². The summed E-state index contributed by atoms with van der Waals surface area (Å²) in [5.41, 5.74) is 12.2. The van der Waals surface area contributed by atoms with Crippen LogP contribution in [0.3, 0.4) is 0 Å². The lowest BCUT2D eigenvalue weighted by atomic mass is 10.3. The highest BCUT2D eigenvalue weighted by Gasteiger charge is 2.11. The highest BCUT2D eigenvalue weighted by molar-refractivity contribution is 6.35. The van der Waals surface area contributed by atoms with E-state index in [2.05, 4.69) is 31.1 Å². The predicted octanol–water partition coefficient (Wildman–Crippen LogP) is 3.26. The molecule has 0 aliphatic rings. The normalized spacial score (nSPS) is 10.2. The summed E-state index contributed by atoms with van der Waals surface area (Å²) < 4.78 is 0. The molecule has 2 heterocycles. The summed E-state index contributed by atoms with van der Waals surface area (Å²) in [4.78, 5) is 24.1. The molecule has 0 fully saturated rings. The van der Waals surface area contributed by atoms with Gasteiger partial charge in [-0.05, 0) is 30.3 Å². The first-order valence-corrected chi connectivity index (χ1v) is 8.09. The smallest absolute Gasteiger partial charge is 0.288 e. The van der Waals surface area contributed by atoms with Gasteiger partial charge in [0.2, 0.25) is 0 Å². The summed E-state index contributed by atoms with van der Waals surface area (Å²) in [5, 5.41) is 3.94. The monoisotopic (exact) mass is 389 g/mol. The maximum Gasteiger partial charge on any atom is 0.288 e. The summed E-state index contributed by atoms with van der Waals surface area (Å²) in [5.74, 6) is 0.118. The topological polar surface area (TPSA) is 118 Å². The Morgan fingerprint density at radius 1 is 1.00 bits per heavy atom. The van der Waals surface area contributed by atoms with E-state index in [-0.39, 0.29) is 17.2 Å². The fourth-order valence-corrected chi connectivity index (χ4v) is 2.56. The molecular weight excluding hydrogens is 377 g/mol. The molecule has 0 saturated heterocycles. The molecule has 26 heavy (non-hydrogen) atoms. The van der Waals surface area contributed by atoms with E-state index in [0.717, 1.165) is 0 Å². The standard InChI is InChI=1S/C16H13Cl2N7O/c17-9-5-10(18)7-11(6-9)23-14-13(19)15(22-8-21-14)24-25-16(26)12-3-1-2-4-20-12/h1-8H,19H2,(H,25,26)(H2,21,22,23,24). The first-order chi connectivity index (χ1) is 12.5. The molecule has 8 nitrogen and oxygen atoms in total. The van der Waals surface area contributed by atoms with Gasteiger partial charge in [-0.3, -0.25) is 20.6 Å². The molecule has 2 aromatic heterocycles. The fourth-order valence-electron chi connectivity index (χ4n) is 2.03. The fraction of sp³-hybridized carbons (Fsp3) is 0. The van der Waals surface area contributed by atoms with Crippen LogP contribution in [0.15, 0.2) is 48.9 Å². The summed E-state index contributed by atoms with van der Waals surface area (Å²) in [6.07, 6.45) is 2.81. The van der Waals surface area contributed by atoms with E-state index < -0.39 is 5.91 Å². The highest BCUT2D eigenvalue weighted by atomic mass is 35.5. The van der Waals surface area contributed by atoms with Gasteiger partial charge in [0.25, 0.3) is 5.91 Å². The number of rotatable bonds is 5. The van der Waals surface area contributed by atoms with E-state index in [1.165, 1.54) is 12.5 Å². The summed E-state index contributed by atoms with van der Waals surface area (Å²) >= 11 is 12.0. The van der Waals surface area contributed by atoms with Crippen molar-refractivity contribution in [2.75, 3.05) is 16.5 Å². The zero-order valence-electron chi connectivity index (χ0n) is 13.2. The van der Waals surface area contributed by atoms with Crippen molar-refractivity contribution in [3.05, 3.63) is 64.7 Å². The molecule has 1 aromatic carbocycles. The molecular formula is C16H13Cl2N7O. The number of pyridine rings is 1. The van der Waals surface area contributed by atoms with Crippen LogP contribution in [0, 0.1) is 0 Å². The second-order valence-corrected chi connectivity index (χ2v) is 5.93. The minimum atomic E-state index is -0.431. The lowest BCUT2D eigenvalue weighted by molar-refractivity contribution is 0.0957. The van der Waals surface area contributed by atoms with Crippen LogP contribution in [-0.2, 0) is 0 Å². The Balaban J connectivity index is 1.73. The van der Waals surface area contributed by atoms with Gasteiger partial charge in [-0.1, -0.05) is 29.3 Å². The van der Waals surface area contributed by atoms with Gasteiger partial charge in [0.15, 0.2) is 11.6 Å². The lowest BCUT2D eigenvalue weighted by Gasteiger charge is -2.13. The Labute approximate surface area is 158 Å². The van der Waals surface area contributed by atoms with Crippen LogP contribution in [0.4, 0.5) is 23.0 Å².